The van der Waals surface area contributed by atoms with Gasteiger partial charge in [-0.25, -0.2) is 14.0 Å². The molecule has 7 heteroatoms. The molecule has 0 aliphatic carbocycles. The number of amides is 4. The molecule has 2 saturated heterocycles. The van der Waals surface area contributed by atoms with Crippen molar-refractivity contribution in [3.8, 4) is 0 Å². The predicted octanol–water partition coefficient (Wildman–Crippen LogP) is 1.87. The Labute approximate surface area is 141 Å². The first-order valence-electron chi connectivity index (χ1n) is 8.29. The summed E-state index contributed by atoms with van der Waals surface area (Å²) in [6.07, 6.45) is 0. The second-order valence-electron chi connectivity index (χ2n) is 6.69. The van der Waals surface area contributed by atoms with Gasteiger partial charge in [0.2, 0.25) is 0 Å². The lowest BCUT2D eigenvalue weighted by molar-refractivity contribution is 0.128. The summed E-state index contributed by atoms with van der Waals surface area (Å²) in [5.41, 5.74) is 0.902. The first-order chi connectivity index (χ1) is 11.4. The molecule has 1 N–H and O–H groups in total. The maximum absolute atomic E-state index is 13.0. The summed E-state index contributed by atoms with van der Waals surface area (Å²) in [4.78, 5) is 30.0. The smallest absolute Gasteiger partial charge is 0.320 e. The third-order valence-corrected chi connectivity index (χ3v) is 4.42. The van der Waals surface area contributed by atoms with Crippen LogP contribution in [0, 0.1) is 5.82 Å². The monoisotopic (exact) mass is 334 g/mol. The number of carbonyl (C=O) groups is 2. The molecule has 1 aromatic rings. The highest BCUT2D eigenvalue weighted by atomic mass is 19.1. The van der Waals surface area contributed by atoms with E-state index in [2.05, 4.69) is 5.32 Å². The van der Waals surface area contributed by atoms with Crippen LogP contribution in [-0.4, -0.2) is 65.0 Å². The van der Waals surface area contributed by atoms with Crippen molar-refractivity contribution >= 4 is 12.1 Å². The Morgan fingerprint density at radius 3 is 2.62 bits per heavy atom. The first kappa shape index (κ1) is 16.5. The molecule has 130 valence electrons. The van der Waals surface area contributed by atoms with Crippen LogP contribution in [0.5, 0.6) is 0 Å². The normalized spacial score (nSPS) is 20.6. The van der Waals surface area contributed by atoms with Crippen molar-refractivity contribution in [3.63, 3.8) is 0 Å². The fourth-order valence-corrected chi connectivity index (χ4v) is 3.24. The van der Waals surface area contributed by atoms with Gasteiger partial charge < -0.3 is 20.0 Å². The van der Waals surface area contributed by atoms with Crippen LogP contribution < -0.4 is 5.32 Å². The number of rotatable bonds is 3. The molecule has 3 rings (SSSR count). The number of hydrogen-bond donors (Lipinski definition) is 1. The highest BCUT2D eigenvalue weighted by molar-refractivity contribution is 5.79. The quantitative estimate of drug-likeness (QED) is 0.917. The molecule has 0 bridgehead atoms. The lowest BCUT2D eigenvalue weighted by Crippen LogP contribution is -2.56. The summed E-state index contributed by atoms with van der Waals surface area (Å²) in [6.45, 7) is 6.55. The molecule has 2 fully saturated rings. The molecule has 1 aromatic carbocycles. The highest BCUT2D eigenvalue weighted by Gasteiger charge is 2.41. The van der Waals surface area contributed by atoms with Gasteiger partial charge in [0.25, 0.3) is 0 Å². The minimum absolute atomic E-state index is 0.00626. The number of carbonyl (C=O) groups excluding carboxylic acids is 2. The van der Waals surface area contributed by atoms with Crippen molar-refractivity contribution in [2.45, 2.75) is 32.5 Å². The number of urea groups is 2. The van der Waals surface area contributed by atoms with Gasteiger partial charge in [0.1, 0.15) is 5.82 Å². The number of nitrogens with one attached hydrogen (secondary N) is 1. The van der Waals surface area contributed by atoms with E-state index in [-0.39, 0.29) is 30.0 Å². The molecule has 0 aromatic heterocycles. The first-order valence-corrected chi connectivity index (χ1v) is 8.29. The van der Waals surface area contributed by atoms with Crippen molar-refractivity contribution in [2.75, 3.05) is 26.2 Å². The van der Waals surface area contributed by atoms with Crippen molar-refractivity contribution in [1.29, 1.82) is 0 Å². The van der Waals surface area contributed by atoms with Crippen LogP contribution >= 0.6 is 0 Å². The second kappa shape index (κ2) is 6.67. The van der Waals surface area contributed by atoms with Crippen molar-refractivity contribution in [2.24, 2.45) is 0 Å². The van der Waals surface area contributed by atoms with Crippen molar-refractivity contribution in [1.82, 2.24) is 20.0 Å². The standard InChI is InChI=1S/C17H23FN4O2/c1-12(2)19-16(23)20-7-8-22-15(10-20)11-21(17(22)24)9-13-3-5-14(18)6-4-13/h3-6,12,15H,7-11H2,1-2H3,(H,19,23)/t15-/m1/s1. The van der Waals surface area contributed by atoms with Crippen molar-refractivity contribution in [3.05, 3.63) is 35.6 Å². The summed E-state index contributed by atoms with van der Waals surface area (Å²) in [5.74, 6) is -0.282. The Bertz CT molecular complexity index is 620. The van der Waals surface area contributed by atoms with Gasteiger partial charge in [0, 0.05) is 38.8 Å². The topological polar surface area (TPSA) is 55.9 Å². The fourth-order valence-electron chi connectivity index (χ4n) is 3.24. The van der Waals surface area contributed by atoms with Gasteiger partial charge in [-0.3, -0.25) is 0 Å². The van der Waals surface area contributed by atoms with E-state index in [9.17, 15) is 14.0 Å². The minimum Gasteiger partial charge on any atom is -0.336 e. The van der Waals surface area contributed by atoms with E-state index in [4.69, 9.17) is 0 Å². The summed E-state index contributed by atoms with van der Waals surface area (Å²) in [5, 5.41) is 2.89. The molecule has 4 amide bonds. The largest absolute Gasteiger partial charge is 0.336 e. The maximum atomic E-state index is 13.0. The summed E-state index contributed by atoms with van der Waals surface area (Å²) >= 11 is 0. The van der Waals surface area contributed by atoms with E-state index in [0.29, 0.717) is 32.7 Å². The number of halogens is 1. The van der Waals surface area contributed by atoms with Crippen LogP contribution in [0.2, 0.25) is 0 Å². The zero-order chi connectivity index (χ0) is 17.3. The van der Waals surface area contributed by atoms with E-state index in [1.165, 1.54) is 12.1 Å². The van der Waals surface area contributed by atoms with Crippen LogP contribution in [0.4, 0.5) is 14.0 Å². The fraction of sp³-hybridized carbons (Fsp3) is 0.529. The molecule has 6 nitrogen and oxygen atoms in total. The van der Waals surface area contributed by atoms with Crippen molar-refractivity contribution < 1.29 is 14.0 Å². The number of hydrogen-bond acceptors (Lipinski definition) is 2. The Kier molecular flexibility index (Phi) is 4.59. The van der Waals surface area contributed by atoms with Crippen LogP contribution in [0.15, 0.2) is 24.3 Å². The molecular formula is C17H23FN4O2. The third-order valence-electron chi connectivity index (χ3n) is 4.42. The number of nitrogens with zero attached hydrogens (tertiary/aromatic N) is 3. The van der Waals surface area contributed by atoms with Gasteiger partial charge >= 0.3 is 12.1 Å². The highest BCUT2D eigenvalue weighted by Crippen LogP contribution is 2.22. The molecule has 0 spiro atoms. The summed E-state index contributed by atoms with van der Waals surface area (Å²) < 4.78 is 13.0. The molecule has 0 radical (unpaired) electrons. The van der Waals surface area contributed by atoms with E-state index in [1.807, 2.05) is 18.7 Å². The van der Waals surface area contributed by atoms with Gasteiger partial charge in [-0.1, -0.05) is 12.1 Å². The van der Waals surface area contributed by atoms with Crippen LogP contribution in [0.1, 0.15) is 19.4 Å². The van der Waals surface area contributed by atoms with E-state index >= 15 is 0 Å². The SMILES string of the molecule is CC(C)NC(=O)N1CCN2C(=O)N(Cc3ccc(F)cc3)C[C@H]2C1. The molecule has 0 saturated carbocycles. The number of piperazine rings is 1. The number of benzene rings is 1. The van der Waals surface area contributed by atoms with Gasteiger partial charge in [0.15, 0.2) is 0 Å². The summed E-state index contributed by atoms with van der Waals surface area (Å²) in [6, 6.07) is 6.23. The average molecular weight is 334 g/mol. The molecule has 2 aliphatic rings. The van der Waals surface area contributed by atoms with Crippen LogP contribution in [-0.2, 0) is 6.54 Å². The van der Waals surface area contributed by atoms with Crippen LogP contribution in [0.3, 0.4) is 0 Å². The lowest BCUT2D eigenvalue weighted by atomic mass is 10.2. The zero-order valence-electron chi connectivity index (χ0n) is 14.0. The Morgan fingerprint density at radius 2 is 1.96 bits per heavy atom. The maximum Gasteiger partial charge on any atom is 0.320 e. The Hall–Kier alpha value is -2.31. The van der Waals surface area contributed by atoms with Gasteiger partial charge in [-0.05, 0) is 31.5 Å². The van der Waals surface area contributed by atoms with E-state index in [1.54, 1.807) is 21.9 Å². The molecule has 2 aliphatic heterocycles. The predicted molar refractivity (Wildman–Crippen MR) is 87.9 cm³/mol. The second-order valence-corrected chi connectivity index (χ2v) is 6.69. The Morgan fingerprint density at radius 1 is 1.25 bits per heavy atom. The number of fused-ring (bicyclic) bond motifs is 1. The molecule has 1 atom stereocenters. The summed E-state index contributed by atoms with van der Waals surface area (Å²) in [7, 11) is 0. The van der Waals surface area contributed by atoms with E-state index < -0.39 is 0 Å². The zero-order valence-corrected chi connectivity index (χ0v) is 14.0. The minimum atomic E-state index is -0.282. The lowest BCUT2D eigenvalue weighted by Gasteiger charge is -2.36. The Balaban J connectivity index is 1.62. The van der Waals surface area contributed by atoms with E-state index in [0.717, 1.165) is 5.56 Å². The molecule has 0 unspecified atom stereocenters. The van der Waals surface area contributed by atoms with Gasteiger partial charge in [0.05, 0.1) is 6.04 Å². The molecular weight excluding hydrogens is 311 g/mol. The van der Waals surface area contributed by atoms with Gasteiger partial charge in [-0.2, -0.15) is 0 Å². The molecule has 2 heterocycles. The average Bonchev–Trinajstić information content (AvgIpc) is 2.84. The van der Waals surface area contributed by atoms with Crippen LogP contribution in [0.25, 0.3) is 0 Å². The third kappa shape index (κ3) is 3.44. The van der Waals surface area contributed by atoms with Gasteiger partial charge in [-0.15, -0.1) is 0 Å². The molecule has 24 heavy (non-hydrogen) atoms.